The van der Waals surface area contributed by atoms with Crippen LogP contribution in [0.5, 0.6) is 5.75 Å². The van der Waals surface area contributed by atoms with E-state index in [4.69, 9.17) is 9.47 Å². The van der Waals surface area contributed by atoms with Gasteiger partial charge in [0.25, 0.3) is 0 Å². The van der Waals surface area contributed by atoms with Gasteiger partial charge >= 0.3 is 12.1 Å². The number of amides is 3. The maximum atomic E-state index is 12.3. The molecule has 150 valence electrons. The second-order valence-electron chi connectivity index (χ2n) is 7.31. The molecule has 0 aromatic heterocycles. The van der Waals surface area contributed by atoms with Gasteiger partial charge in [0.1, 0.15) is 11.4 Å². The molecule has 1 aromatic carbocycles. The van der Waals surface area contributed by atoms with E-state index in [2.05, 4.69) is 15.5 Å². The number of nitrogens with one attached hydrogen (secondary N) is 2. The molecule has 3 amide bonds. The largest absolute Gasteiger partial charge is 0.495 e. The van der Waals surface area contributed by atoms with Gasteiger partial charge in [-0.2, -0.15) is 0 Å². The maximum absolute atomic E-state index is 12.3. The van der Waals surface area contributed by atoms with E-state index in [0.717, 1.165) is 24.5 Å². The van der Waals surface area contributed by atoms with Crippen LogP contribution in [0.1, 0.15) is 20.8 Å². The Morgan fingerprint density at radius 3 is 2.30 bits per heavy atom. The van der Waals surface area contributed by atoms with Gasteiger partial charge in [-0.3, -0.25) is 0 Å². The molecule has 27 heavy (non-hydrogen) atoms. The zero-order valence-electron chi connectivity index (χ0n) is 16.6. The minimum absolute atomic E-state index is 0.124. The van der Waals surface area contributed by atoms with Gasteiger partial charge in [0.15, 0.2) is 0 Å². The highest BCUT2D eigenvalue weighted by Crippen LogP contribution is 2.28. The quantitative estimate of drug-likeness (QED) is 0.767. The van der Waals surface area contributed by atoms with Crippen LogP contribution < -0.4 is 20.3 Å². The number of carbonyl (C=O) groups is 2. The van der Waals surface area contributed by atoms with Crippen LogP contribution in [0, 0.1) is 0 Å². The van der Waals surface area contributed by atoms with Crippen LogP contribution in [-0.4, -0.2) is 69.0 Å². The van der Waals surface area contributed by atoms with Crippen LogP contribution in [-0.2, 0) is 4.74 Å². The van der Waals surface area contributed by atoms with Crippen LogP contribution in [0.3, 0.4) is 0 Å². The summed E-state index contributed by atoms with van der Waals surface area (Å²) in [7, 11) is 1.66. The van der Waals surface area contributed by atoms with Gasteiger partial charge in [-0.15, -0.1) is 0 Å². The van der Waals surface area contributed by atoms with Crippen molar-refractivity contribution in [1.82, 2.24) is 15.5 Å². The summed E-state index contributed by atoms with van der Waals surface area (Å²) in [5.74, 6) is 0.837. The topological polar surface area (TPSA) is 83.1 Å². The summed E-state index contributed by atoms with van der Waals surface area (Å²) in [4.78, 5) is 27.8. The van der Waals surface area contributed by atoms with Crippen LogP contribution in [0.2, 0.25) is 0 Å². The molecule has 0 saturated carbocycles. The van der Waals surface area contributed by atoms with Crippen LogP contribution in [0.15, 0.2) is 24.3 Å². The monoisotopic (exact) mass is 378 g/mol. The standard InChI is InChI=1S/C19H30N4O4/c1-19(2,3)27-18(25)21-10-9-20-17(24)23-13-11-22(12-14-23)15-7-5-6-8-16(15)26-4/h5-8H,9-14H2,1-4H3,(H,20,24)(H,21,25). The number of nitrogens with zero attached hydrogens (tertiary/aromatic N) is 2. The van der Waals surface area contributed by atoms with Crippen molar-refractivity contribution >= 4 is 17.8 Å². The van der Waals surface area contributed by atoms with E-state index in [-0.39, 0.29) is 6.03 Å². The minimum atomic E-state index is -0.533. The Bertz CT molecular complexity index is 637. The summed E-state index contributed by atoms with van der Waals surface area (Å²) in [6.45, 7) is 8.82. The van der Waals surface area contributed by atoms with Crippen molar-refractivity contribution in [1.29, 1.82) is 0 Å². The Morgan fingerprint density at radius 2 is 1.67 bits per heavy atom. The molecular formula is C19H30N4O4. The van der Waals surface area contributed by atoms with E-state index < -0.39 is 11.7 Å². The summed E-state index contributed by atoms with van der Waals surface area (Å²) in [5.41, 5.74) is 0.510. The molecule has 0 bridgehead atoms. The first-order valence-corrected chi connectivity index (χ1v) is 9.18. The van der Waals surface area contributed by atoms with Crippen molar-refractivity contribution in [2.45, 2.75) is 26.4 Å². The van der Waals surface area contributed by atoms with Crippen LogP contribution in [0.25, 0.3) is 0 Å². The highest BCUT2D eigenvalue weighted by atomic mass is 16.6. The van der Waals surface area contributed by atoms with Gasteiger partial charge in [-0.1, -0.05) is 12.1 Å². The molecule has 1 fully saturated rings. The number of hydrogen-bond acceptors (Lipinski definition) is 5. The zero-order valence-corrected chi connectivity index (χ0v) is 16.6. The van der Waals surface area contributed by atoms with Crippen molar-refractivity contribution < 1.29 is 19.1 Å². The smallest absolute Gasteiger partial charge is 0.407 e. The summed E-state index contributed by atoms with van der Waals surface area (Å²) in [6, 6.07) is 7.76. The third-order valence-electron chi connectivity index (χ3n) is 4.06. The van der Waals surface area contributed by atoms with E-state index >= 15 is 0 Å². The lowest BCUT2D eigenvalue weighted by Crippen LogP contribution is -2.52. The lowest BCUT2D eigenvalue weighted by atomic mass is 10.2. The summed E-state index contributed by atoms with van der Waals surface area (Å²) >= 11 is 0. The number of piperazine rings is 1. The number of ether oxygens (including phenoxy) is 2. The number of para-hydroxylation sites is 2. The van der Waals surface area contributed by atoms with Crippen LogP contribution in [0.4, 0.5) is 15.3 Å². The Hall–Kier alpha value is -2.64. The molecule has 0 unspecified atom stereocenters. The third-order valence-corrected chi connectivity index (χ3v) is 4.06. The third kappa shape index (κ3) is 6.54. The van der Waals surface area contributed by atoms with Crippen molar-refractivity contribution in [2.24, 2.45) is 0 Å². The number of urea groups is 1. The average Bonchev–Trinajstić information content (AvgIpc) is 2.63. The van der Waals surface area contributed by atoms with E-state index in [1.807, 2.05) is 24.3 Å². The van der Waals surface area contributed by atoms with E-state index in [1.165, 1.54) is 0 Å². The number of alkyl carbamates (subject to hydrolysis) is 1. The molecule has 0 atom stereocenters. The molecule has 1 saturated heterocycles. The fourth-order valence-corrected chi connectivity index (χ4v) is 2.80. The van der Waals surface area contributed by atoms with Crippen molar-refractivity contribution in [3.05, 3.63) is 24.3 Å². The SMILES string of the molecule is COc1ccccc1N1CCN(C(=O)NCCNC(=O)OC(C)(C)C)CC1. The number of hydrogen-bond donors (Lipinski definition) is 2. The number of benzene rings is 1. The molecule has 1 aromatic rings. The number of carbonyl (C=O) groups excluding carboxylic acids is 2. The first-order valence-electron chi connectivity index (χ1n) is 9.18. The summed E-state index contributed by atoms with van der Waals surface area (Å²) < 4.78 is 10.6. The predicted octanol–water partition coefficient (Wildman–Crippen LogP) is 2.05. The predicted molar refractivity (Wildman–Crippen MR) is 104 cm³/mol. The molecule has 1 aliphatic heterocycles. The molecule has 8 heteroatoms. The molecule has 1 aliphatic rings. The number of anilines is 1. The first kappa shape index (κ1) is 20.7. The summed E-state index contributed by atoms with van der Waals surface area (Å²) in [6.07, 6.45) is -0.484. The Morgan fingerprint density at radius 1 is 1.04 bits per heavy atom. The first-order chi connectivity index (χ1) is 12.8. The Labute approximate surface area is 160 Å². The fraction of sp³-hybridized carbons (Fsp3) is 0.579. The molecule has 8 nitrogen and oxygen atoms in total. The zero-order chi connectivity index (χ0) is 19.9. The van der Waals surface area contributed by atoms with Gasteiger partial charge in [0.2, 0.25) is 0 Å². The average molecular weight is 378 g/mol. The highest BCUT2D eigenvalue weighted by Gasteiger charge is 2.22. The van der Waals surface area contributed by atoms with Crippen LogP contribution >= 0.6 is 0 Å². The molecule has 2 N–H and O–H groups in total. The Balaban J connectivity index is 1.70. The van der Waals surface area contributed by atoms with Gasteiger partial charge in [0, 0.05) is 39.3 Å². The molecule has 0 radical (unpaired) electrons. The molecule has 0 spiro atoms. The molecule has 1 heterocycles. The van der Waals surface area contributed by atoms with Crippen molar-refractivity contribution in [3.8, 4) is 5.75 Å². The second-order valence-corrected chi connectivity index (χ2v) is 7.31. The molecule has 2 rings (SSSR count). The van der Waals surface area contributed by atoms with Gasteiger partial charge in [-0.05, 0) is 32.9 Å². The van der Waals surface area contributed by atoms with Gasteiger partial charge in [-0.25, -0.2) is 9.59 Å². The van der Waals surface area contributed by atoms with E-state index in [9.17, 15) is 9.59 Å². The molecular weight excluding hydrogens is 348 g/mol. The highest BCUT2D eigenvalue weighted by molar-refractivity contribution is 5.75. The Kier molecular flexibility index (Phi) is 7.15. The van der Waals surface area contributed by atoms with Crippen molar-refractivity contribution in [2.75, 3.05) is 51.3 Å². The van der Waals surface area contributed by atoms with Crippen molar-refractivity contribution in [3.63, 3.8) is 0 Å². The molecule has 0 aliphatic carbocycles. The van der Waals surface area contributed by atoms with E-state index in [1.54, 1.807) is 32.8 Å². The normalized spacial score (nSPS) is 14.5. The summed E-state index contributed by atoms with van der Waals surface area (Å²) in [5, 5.41) is 5.44. The lowest BCUT2D eigenvalue weighted by Gasteiger charge is -2.36. The lowest BCUT2D eigenvalue weighted by molar-refractivity contribution is 0.0528. The number of rotatable bonds is 5. The number of methoxy groups -OCH3 is 1. The maximum Gasteiger partial charge on any atom is 0.407 e. The fourth-order valence-electron chi connectivity index (χ4n) is 2.80. The van der Waals surface area contributed by atoms with Gasteiger partial charge < -0.3 is 29.9 Å². The second kappa shape index (κ2) is 9.34. The van der Waals surface area contributed by atoms with Gasteiger partial charge in [0.05, 0.1) is 12.8 Å². The minimum Gasteiger partial charge on any atom is -0.495 e. The van der Waals surface area contributed by atoms with E-state index in [0.29, 0.717) is 26.2 Å².